The van der Waals surface area contributed by atoms with Crippen LogP contribution in [0.3, 0.4) is 0 Å². The molecule has 31 heavy (non-hydrogen) atoms. The molecule has 1 fully saturated rings. The number of carbonyl (C=O) groups is 1. The highest BCUT2D eigenvalue weighted by Crippen LogP contribution is 2.30. The zero-order chi connectivity index (χ0) is 22.6. The molecule has 0 atom stereocenters. The lowest BCUT2D eigenvalue weighted by molar-refractivity contribution is -0.137. The van der Waals surface area contributed by atoms with E-state index >= 15 is 0 Å². The smallest absolute Gasteiger partial charge is 0.325 e. The molecule has 5 nitrogen and oxygen atoms in total. The van der Waals surface area contributed by atoms with Crippen LogP contribution in [-0.4, -0.2) is 31.2 Å². The zero-order valence-corrected chi connectivity index (χ0v) is 18.0. The summed E-state index contributed by atoms with van der Waals surface area (Å²) in [5.41, 5.74) is 0.272. The fourth-order valence-corrected chi connectivity index (χ4v) is 5.35. The number of amides is 1. The topological polar surface area (TPSA) is 66.5 Å². The first kappa shape index (κ1) is 23.3. The SMILES string of the molecule is Cc1ccc(S(=O)(=O)N(CC(=O)Nc2ccc(C(F)(F)F)cc2)C2CCCCC2)cc1. The molecule has 1 aliphatic rings. The summed E-state index contributed by atoms with van der Waals surface area (Å²) in [7, 11) is -3.91. The number of hydrogen-bond donors (Lipinski definition) is 1. The van der Waals surface area contributed by atoms with Gasteiger partial charge in [-0.1, -0.05) is 37.0 Å². The molecule has 0 aromatic heterocycles. The molecule has 0 radical (unpaired) electrons. The van der Waals surface area contributed by atoms with Crippen molar-refractivity contribution in [2.75, 3.05) is 11.9 Å². The Hall–Kier alpha value is -2.39. The van der Waals surface area contributed by atoms with Crippen LogP contribution >= 0.6 is 0 Å². The number of halogens is 3. The number of nitrogens with one attached hydrogen (secondary N) is 1. The molecule has 1 amide bonds. The van der Waals surface area contributed by atoms with Gasteiger partial charge in [-0.3, -0.25) is 4.79 Å². The van der Waals surface area contributed by atoms with Gasteiger partial charge in [0.25, 0.3) is 0 Å². The summed E-state index contributed by atoms with van der Waals surface area (Å²) in [6, 6.07) is 10.2. The summed E-state index contributed by atoms with van der Waals surface area (Å²) in [5, 5.41) is 2.51. The Labute approximate surface area is 180 Å². The van der Waals surface area contributed by atoms with E-state index < -0.39 is 34.2 Å². The summed E-state index contributed by atoms with van der Waals surface area (Å²) >= 11 is 0. The lowest BCUT2D eigenvalue weighted by Crippen LogP contribution is -2.45. The monoisotopic (exact) mass is 454 g/mol. The highest BCUT2D eigenvalue weighted by atomic mass is 32.2. The van der Waals surface area contributed by atoms with Gasteiger partial charge in [0.15, 0.2) is 0 Å². The number of carbonyl (C=O) groups excluding carboxylic acids is 1. The first-order valence-corrected chi connectivity index (χ1v) is 11.6. The molecule has 1 aliphatic carbocycles. The van der Waals surface area contributed by atoms with E-state index in [0.717, 1.165) is 49.1 Å². The number of alkyl halides is 3. The fourth-order valence-electron chi connectivity index (χ4n) is 3.71. The number of sulfonamides is 1. The predicted molar refractivity (Wildman–Crippen MR) is 112 cm³/mol. The Morgan fingerprint density at radius 2 is 1.58 bits per heavy atom. The van der Waals surface area contributed by atoms with Crippen LogP contribution in [0.25, 0.3) is 0 Å². The molecule has 9 heteroatoms. The van der Waals surface area contributed by atoms with Crippen LogP contribution in [0.5, 0.6) is 0 Å². The van der Waals surface area contributed by atoms with Crippen molar-refractivity contribution < 1.29 is 26.4 Å². The van der Waals surface area contributed by atoms with Gasteiger partial charge < -0.3 is 5.32 Å². The second-order valence-electron chi connectivity index (χ2n) is 7.78. The number of benzene rings is 2. The summed E-state index contributed by atoms with van der Waals surface area (Å²) in [5.74, 6) is -0.596. The van der Waals surface area contributed by atoms with Crippen molar-refractivity contribution in [3.63, 3.8) is 0 Å². The maximum Gasteiger partial charge on any atom is 0.416 e. The molecule has 2 aromatic carbocycles. The third-order valence-electron chi connectivity index (χ3n) is 5.40. The molecule has 0 heterocycles. The van der Waals surface area contributed by atoms with Crippen molar-refractivity contribution in [2.24, 2.45) is 0 Å². The fraction of sp³-hybridized carbons (Fsp3) is 0.409. The largest absolute Gasteiger partial charge is 0.416 e. The number of rotatable bonds is 6. The molecule has 2 aromatic rings. The van der Waals surface area contributed by atoms with E-state index in [0.29, 0.717) is 12.8 Å². The maximum absolute atomic E-state index is 13.3. The molecule has 0 saturated heterocycles. The number of hydrogen-bond acceptors (Lipinski definition) is 3. The van der Waals surface area contributed by atoms with Crippen molar-refractivity contribution in [2.45, 2.75) is 56.1 Å². The highest BCUT2D eigenvalue weighted by Gasteiger charge is 2.34. The van der Waals surface area contributed by atoms with Crippen LogP contribution in [-0.2, 0) is 21.0 Å². The average molecular weight is 455 g/mol. The minimum Gasteiger partial charge on any atom is -0.325 e. The molecular weight excluding hydrogens is 429 g/mol. The van der Waals surface area contributed by atoms with Crippen LogP contribution in [0.1, 0.15) is 43.2 Å². The standard InChI is InChI=1S/C22H25F3N2O3S/c1-16-7-13-20(14-8-16)31(29,30)27(19-5-3-2-4-6-19)15-21(28)26-18-11-9-17(10-12-18)22(23,24)25/h7-14,19H,2-6,15H2,1H3,(H,26,28). The van der Waals surface area contributed by atoms with Gasteiger partial charge in [-0.05, 0) is 56.2 Å². The number of anilines is 1. The van der Waals surface area contributed by atoms with Crippen LogP contribution in [0.4, 0.5) is 18.9 Å². The lowest BCUT2D eigenvalue weighted by Gasteiger charge is -2.33. The molecular formula is C22H25F3N2O3S. The normalized spacial score (nSPS) is 15.8. The van der Waals surface area contributed by atoms with Crippen LogP contribution in [0, 0.1) is 6.92 Å². The number of nitrogens with zero attached hydrogens (tertiary/aromatic N) is 1. The van der Waals surface area contributed by atoms with Gasteiger partial charge in [-0.15, -0.1) is 0 Å². The van der Waals surface area contributed by atoms with Gasteiger partial charge in [0.05, 0.1) is 17.0 Å². The first-order chi connectivity index (χ1) is 14.6. The van der Waals surface area contributed by atoms with Crippen LogP contribution in [0.2, 0.25) is 0 Å². The Morgan fingerprint density at radius 3 is 2.13 bits per heavy atom. The molecule has 1 N–H and O–H groups in total. The van der Waals surface area contributed by atoms with Gasteiger partial charge in [0.1, 0.15) is 0 Å². The molecule has 0 unspecified atom stereocenters. The lowest BCUT2D eigenvalue weighted by atomic mass is 9.95. The van der Waals surface area contributed by atoms with E-state index in [9.17, 15) is 26.4 Å². The second-order valence-corrected chi connectivity index (χ2v) is 9.67. The zero-order valence-electron chi connectivity index (χ0n) is 17.2. The van der Waals surface area contributed by atoms with Gasteiger partial charge >= 0.3 is 6.18 Å². The molecule has 1 saturated carbocycles. The van der Waals surface area contributed by atoms with E-state index in [2.05, 4.69) is 5.32 Å². The van der Waals surface area contributed by atoms with E-state index in [1.54, 1.807) is 12.1 Å². The van der Waals surface area contributed by atoms with E-state index in [4.69, 9.17) is 0 Å². The van der Waals surface area contributed by atoms with E-state index in [-0.39, 0.29) is 16.6 Å². The molecule has 168 valence electrons. The van der Waals surface area contributed by atoms with Crippen LogP contribution in [0.15, 0.2) is 53.4 Å². The summed E-state index contributed by atoms with van der Waals surface area (Å²) in [4.78, 5) is 12.8. The number of aryl methyl sites for hydroxylation is 1. The van der Waals surface area contributed by atoms with E-state index in [1.165, 1.54) is 16.4 Å². The van der Waals surface area contributed by atoms with Crippen molar-refractivity contribution in [1.82, 2.24) is 4.31 Å². The van der Waals surface area contributed by atoms with Crippen LogP contribution < -0.4 is 5.32 Å². The van der Waals surface area contributed by atoms with Gasteiger partial charge in [0.2, 0.25) is 15.9 Å². The maximum atomic E-state index is 13.3. The third-order valence-corrected chi connectivity index (χ3v) is 7.32. The van der Waals surface area contributed by atoms with Crippen molar-refractivity contribution in [3.05, 3.63) is 59.7 Å². The minimum atomic E-state index is -4.47. The highest BCUT2D eigenvalue weighted by molar-refractivity contribution is 7.89. The first-order valence-electron chi connectivity index (χ1n) is 10.1. The second kappa shape index (κ2) is 9.40. The Bertz CT molecular complexity index is 998. The summed E-state index contributed by atoms with van der Waals surface area (Å²) in [6.45, 7) is 1.45. The average Bonchev–Trinajstić information content (AvgIpc) is 2.72. The van der Waals surface area contributed by atoms with Crippen molar-refractivity contribution >= 4 is 21.6 Å². The van der Waals surface area contributed by atoms with Gasteiger partial charge in [-0.2, -0.15) is 17.5 Å². The third kappa shape index (κ3) is 5.86. The molecule has 0 aliphatic heterocycles. The Balaban J connectivity index is 1.79. The Kier molecular flexibility index (Phi) is 7.06. The van der Waals surface area contributed by atoms with Crippen molar-refractivity contribution in [1.29, 1.82) is 0 Å². The van der Waals surface area contributed by atoms with Gasteiger partial charge in [-0.25, -0.2) is 8.42 Å². The Morgan fingerprint density at radius 1 is 1.00 bits per heavy atom. The summed E-state index contributed by atoms with van der Waals surface area (Å²) in [6.07, 6.45) is -0.359. The molecule has 0 spiro atoms. The van der Waals surface area contributed by atoms with Crippen molar-refractivity contribution in [3.8, 4) is 0 Å². The molecule has 0 bridgehead atoms. The quantitative estimate of drug-likeness (QED) is 0.670. The predicted octanol–water partition coefficient (Wildman–Crippen LogP) is 4.98. The molecule has 3 rings (SSSR count). The van der Waals surface area contributed by atoms with E-state index in [1.807, 2.05) is 6.92 Å². The van der Waals surface area contributed by atoms with Gasteiger partial charge in [0, 0.05) is 11.7 Å². The summed E-state index contributed by atoms with van der Waals surface area (Å²) < 4.78 is 66.0. The minimum absolute atomic E-state index is 0.117.